The molecule has 1 aromatic carbocycles. The number of halogens is 1. The van der Waals surface area contributed by atoms with Gasteiger partial charge in [0.25, 0.3) is 0 Å². The van der Waals surface area contributed by atoms with E-state index in [0.717, 1.165) is 33.2 Å². The summed E-state index contributed by atoms with van der Waals surface area (Å²) in [6.45, 7) is 1.24. The van der Waals surface area contributed by atoms with Crippen LogP contribution in [0.2, 0.25) is 0 Å². The molecule has 0 aliphatic carbocycles. The highest BCUT2D eigenvalue weighted by atomic mass is 79.9. The highest BCUT2D eigenvalue weighted by Gasteiger charge is 2.18. The van der Waals surface area contributed by atoms with Crippen LogP contribution in [0.1, 0.15) is 5.82 Å². The molecule has 0 saturated carbocycles. The molecule has 3 rings (SSSR count). The Hall–Kier alpha value is -1.53. The van der Waals surface area contributed by atoms with Crippen LogP contribution in [0.25, 0.3) is 11.3 Å². The largest absolute Gasteiger partial charge is 0.486 e. The van der Waals surface area contributed by atoms with Crippen LogP contribution in [0.3, 0.4) is 0 Å². The van der Waals surface area contributed by atoms with Crippen LogP contribution < -0.4 is 9.47 Å². The fourth-order valence-corrected chi connectivity index (χ4v) is 3.04. The van der Waals surface area contributed by atoms with Gasteiger partial charge in [0, 0.05) is 19.0 Å². The Morgan fingerprint density at radius 1 is 1.30 bits per heavy atom. The molecule has 0 bridgehead atoms. The van der Waals surface area contributed by atoms with Crippen LogP contribution in [0, 0.1) is 0 Å². The second kappa shape index (κ2) is 5.46. The van der Waals surface area contributed by atoms with Gasteiger partial charge in [0.1, 0.15) is 23.6 Å². The van der Waals surface area contributed by atoms with Gasteiger partial charge in [-0.2, -0.15) is 0 Å². The van der Waals surface area contributed by atoms with E-state index in [1.54, 1.807) is 0 Å². The van der Waals surface area contributed by atoms with E-state index in [9.17, 15) is 0 Å². The Labute approximate surface area is 125 Å². The molecule has 0 radical (unpaired) electrons. The fraction of sp³-hybridized carbons (Fsp3) is 0.357. The van der Waals surface area contributed by atoms with Crippen molar-refractivity contribution in [2.75, 3.05) is 19.8 Å². The number of aliphatic hydroxyl groups is 1. The molecule has 1 aromatic heterocycles. The van der Waals surface area contributed by atoms with Crippen LogP contribution in [0.4, 0.5) is 0 Å². The van der Waals surface area contributed by atoms with E-state index in [4.69, 9.17) is 14.6 Å². The van der Waals surface area contributed by atoms with E-state index in [-0.39, 0.29) is 6.61 Å². The first-order valence-electron chi connectivity index (χ1n) is 6.42. The third kappa shape index (κ3) is 2.29. The molecule has 5 nitrogen and oxygen atoms in total. The highest BCUT2D eigenvalue weighted by Crippen LogP contribution is 2.36. The third-order valence-electron chi connectivity index (χ3n) is 3.30. The lowest BCUT2D eigenvalue weighted by Crippen LogP contribution is -2.15. The topological polar surface area (TPSA) is 56.5 Å². The van der Waals surface area contributed by atoms with Crippen molar-refractivity contribution in [1.29, 1.82) is 0 Å². The summed E-state index contributed by atoms with van der Waals surface area (Å²) in [7, 11) is 1.94. The van der Waals surface area contributed by atoms with Crippen molar-refractivity contribution in [2.24, 2.45) is 7.05 Å². The molecule has 1 aliphatic rings. The maximum Gasteiger partial charge on any atom is 0.162 e. The van der Waals surface area contributed by atoms with Crippen molar-refractivity contribution in [3.8, 4) is 22.8 Å². The molecular weight excluding hydrogens is 324 g/mol. The molecule has 6 heteroatoms. The molecule has 0 atom stereocenters. The molecule has 0 unspecified atom stereocenters. The summed E-state index contributed by atoms with van der Waals surface area (Å²) < 4.78 is 13.9. The van der Waals surface area contributed by atoms with Gasteiger partial charge in [0.15, 0.2) is 11.5 Å². The lowest BCUT2D eigenvalue weighted by Gasteiger charge is -2.19. The minimum absolute atomic E-state index is 0.0812. The summed E-state index contributed by atoms with van der Waals surface area (Å²) in [5.41, 5.74) is 1.96. The Bertz CT molecular complexity index is 640. The van der Waals surface area contributed by atoms with Gasteiger partial charge in [-0.05, 0) is 34.1 Å². The normalized spacial score (nSPS) is 13.6. The summed E-state index contributed by atoms with van der Waals surface area (Å²) in [6, 6.07) is 5.85. The minimum atomic E-state index is 0.0812. The SMILES string of the molecule is Cn1c(CCO)nc(Br)c1-c1ccc2c(c1)OCCO2. The second-order valence-corrected chi connectivity index (χ2v) is 5.31. The predicted molar refractivity (Wildman–Crippen MR) is 78.1 cm³/mol. The maximum atomic E-state index is 9.07. The Balaban J connectivity index is 2.04. The molecule has 0 amide bonds. The van der Waals surface area contributed by atoms with Crippen LogP contribution in [-0.2, 0) is 13.5 Å². The van der Waals surface area contributed by atoms with Gasteiger partial charge in [-0.25, -0.2) is 4.98 Å². The summed E-state index contributed by atoms with van der Waals surface area (Å²) in [4.78, 5) is 4.44. The Kier molecular flexibility index (Phi) is 3.67. The highest BCUT2D eigenvalue weighted by molar-refractivity contribution is 9.10. The first-order valence-corrected chi connectivity index (χ1v) is 7.22. The summed E-state index contributed by atoms with van der Waals surface area (Å²) in [5.74, 6) is 2.36. The second-order valence-electron chi connectivity index (χ2n) is 4.56. The first kappa shape index (κ1) is 13.5. The standard InChI is InChI=1S/C14H15BrN2O3/c1-17-12(4-5-18)16-14(15)13(17)9-2-3-10-11(8-9)20-7-6-19-10/h2-3,8,18H,4-7H2,1H3. The number of ether oxygens (including phenoxy) is 2. The smallest absolute Gasteiger partial charge is 0.162 e. The van der Waals surface area contributed by atoms with Gasteiger partial charge >= 0.3 is 0 Å². The van der Waals surface area contributed by atoms with E-state index < -0.39 is 0 Å². The molecule has 0 saturated heterocycles. The lowest BCUT2D eigenvalue weighted by atomic mass is 10.1. The Morgan fingerprint density at radius 2 is 2.05 bits per heavy atom. The van der Waals surface area contributed by atoms with E-state index in [1.165, 1.54) is 0 Å². The number of aromatic nitrogens is 2. The summed E-state index contributed by atoms with van der Waals surface area (Å²) in [5, 5.41) is 9.07. The van der Waals surface area contributed by atoms with Gasteiger partial charge in [-0.3, -0.25) is 0 Å². The molecular formula is C14H15BrN2O3. The molecule has 1 N–H and O–H groups in total. The predicted octanol–water partition coefficient (Wildman–Crippen LogP) is 2.16. The molecule has 20 heavy (non-hydrogen) atoms. The average molecular weight is 339 g/mol. The van der Waals surface area contributed by atoms with Crippen molar-refractivity contribution in [2.45, 2.75) is 6.42 Å². The molecule has 0 fully saturated rings. The van der Waals surface area contributed by atoms with Crippen molar-refractivity contribution in [1.82, 2.24) is 9.55 Å². The molecule has 106 valence electrons. The monoisotopic (exact) mass is 338 g/mol. The van der Waals surface area contributed by atoms with Crippen molar-refractivity contribution in [3.63, 3.8) is 0 Å². The molecule has 2 heterocycles. The zero-order chi connectivity index (χ0) is 14.1. The first-order chi connectivity index (χ1) is 9.70. The lowest BCUT2D eigenvalue weighted by molar-refractivity contribution is 0.171. The van der Waals surface area contributed by atoms with Gasteiger partial charge in [-0.1, -0.05) is 0 Å². The average Bonchev–Trinajstić information content (AvgIpc) is 2.73. The van der Waals surface area contributed by atoms with Gasteiger partial charge in [-0.15, -0.1) is 0 Å². The number of rotatable bonds is 3. The van der Waals surface area contributed by atoms with Crippen LogP contribution in [-0.4, -0.2) is 34.5 Å². The van der Waals surface area contributed by atoms with E-state index in [0.29, 0.717) is 19.6 Å². The number of hydrogen-bond acceptors (Lipinski definition) is 4. The maximum absolute atomic E-state index is 9.07. The number of aliphatic hydroxyl groups excluding tert-OH is 1. The number of hydrogen-bond donors (Lipinski definition) is 1. The number of benzene rings is 1. The number of fused-ring (bicyclic) bond motifs is 1. The summed E-state index contributed by atoms with van der Waals surface area (Å²) >= 11 is 3.49. The number of imidazole rings is 1. The quantitative estimate of drug-likeness (QED) is 0.931. The number of nitrogens with zero attached hydrogens (tertiary/aromatic N) is 2. The van der Waals surface area contributed by atoms with Crippen LogP contribution in [0.15, 0.2) is 22.8 Å². The fourth-order valence-electron chi connectivity index (χ4n) is 2.34. The van der Waals surface area contributed by atoms with E-state index >= 15 is 0 Å². The van der Waals surface area contributed by atoms with Gasteiger partial charge in [0.2, 0.25) is 0 Å². The van der Waals surface area contributed by atoms with E-state index in [2.05, 4.69) is 20.9 Å². The van der Waals surface area contributed by atoms with Crippen molar-refractivity contribution < 1.29 is 14.6 Å². The van der Waals surface area contributed by atoms with Crippen LogP contribution in [0.5, 0.6) is 11.5 Å². The summed E-state index contributed by atoms with van der Waals surface area (Å²) in [6.07, 6.45) is 0.527. The van der Waals surface area contributed by atoms with E-state index in [1.807, 2.05) is 29.8 Å². The minimum Gasteiger partial charge on any atom is -0.486 e. The Morgan fingerprint density at radius 3 is 2.80 bits per heavy atom. The zero-order valence-electron chi connectivity index (χ0n) is 11.1. The van der Waals surface area contributed by atoms with Crippen molar-refractivity contribution in [3.05, 3.63) is 28.6 Å². The van der Waals surface area contributed by atoms with Crippen molar-refractivity contribution >= 4 is 15.9 Å². The third-order valence-corrected chi connectivity index (χ3v) is 3.85. The van der Waals surface area contributed by atoms with Gasteiger partial charge < -0.3 is 19.1 Å². The zero-order valence-corrected chi connectivity index (χ0v) is 12.7. The molecule has 1 aliphatic heterocycles. The van der Waals surface area contributed by atoms with Gasteiger partial charge in [0.05, 0.1) is 12.3 Å². The van der Waals surface area contributed by atoms with Crippen LogP contribution >= 0.6 is 15.9 Å². The molecule has 0 spiro atoms. The molecule has 2 aromatic rings.